The third kappa shape index (κ3) is 3.63. The molecule has 1 atom stereocenters. The van der Waals surface area contributed by atoms with Crippen molar-refractivity contribution in [1.82, 2.24) is 5.32 Å². The maximum Gasteiger partial charge on any atom is 0.346 e. The van der Waals surface area contributed by atoms with Crippen LogP contribution in [0.3, 0.4) is 0 Å². The molecule has 0 radical (unpaired) electrons. The Hall–Kier alpha value is -1.75. The quantitative estimate of drug-likeness (QED) is 0.772. The highest BCUT2D eigenvalue weighted by Crippen LogP contribution is 2.32. The molecular formula is C15H21NO4. The fourth-order valence-corrected chi connectivity index (χ4v) is 1.93. The average molecular weight is 279 g/mol. The molecule has 20 heavy (non-hydrogen) atoms. The number of methoxy groups -OCH3 is 2. The molecule has 5 heteroatoms. The molecule has 0 spiro atoms. The Morgan fingerprint density at radius 1 is 1.40 bits per heavy atom. The minimum atomic E-state index is -0.670. The minimum absolute atomic E-state index is 0.406. The predicted molar refractivity (Wildman–Crippen MR) is 75.0 cm³/mol. The van der Waals surface area contributed by atoms with E-state index in [4.69, 9.17) is 9.47 Å². The summed E-state index contributed by atoms with van der Waals surface area (Å²) in [5.41, 5.74) is 0.979. The summed E-state index contributed by atoms with van der Waals surface area (Å²) in [5, 5.41) is 3.43. The van der Waals surface area contributed by atoms with E-state index in [1.807, 2.05) is 18.2 Å². The second-order valence-electron chi connectivity index (χ2n) is 4.89. The van der Waals surface area contributed by atoms with Gasteiger partial charge in [0.2, 0.25) is 0 Å². The third-order valence-corrected chi connectivity index (χ3v) is 3.27. The third-order valence-electron chi connectivity index (χ3n) is 3.27. The van der Waals surface area contributed by atoms with Crippen molar-refractivity contribution < 1.29 is 19.0 Å². The van der Waals surface area contributed by atoms with E-state index in [0.29, 0.717) is 24.1 Å². The van der Waals surface area contributed by atoms with Gasteiger partial charge in [-0.1, -0.05) is 12.1 Å². The number of esters is 1. The summed E-state index contributed by atoms with van der Waals surface area (Å²) in [7, 11) is 2.93. The lowest BCUT2D eigenvalue weighted by molar-refractivity contribution is -0.147. The molecule has 1 N–H and O–H groups in total. The first-order chi connectivity index (χ1) is 9.65. The highest BCUT2D eigenvalue weighted by Gasteiger charge is 2.23. The number of rotatable bonds is 7. The van der Waals surface area contributed by atoms with E-state index < -0.39 is 12.1 Å². The van der Waals surface area contributed by atoms with Crippen LogP contribution in [0.1, 0.15) is 25.3 Å². The van der Waals surface area contributed by atoms with Gasteiger partial charge in [0.25, 0.3) is 0 Å². The van der Waals surface area contributed by atoms with Gasteiger partial charge in [-0.2, -0.15) is 0 Å². The highest BCUT2D eigenvalue weighted by atomic mass is 16.6. The lowest BCUT2D eigenvalue weighted by atomic mass is 10.1. The van der Waals surface area contributed by atoms with Gasteiger partial charge >= 0.3 is 5.97 Å². The van der Waals surface area contributed by atoms with E-state index in [0.717, 1.165) is 5.56 Å². The summed E-state index contributed by atoms with van der Waals surface area (Å²) >= 11 is 0. The molecule has 0 saturated heterocycles. The lowest BCUT2D eigenvalue weighted by Gasteiger charge is -2.18. The number of hydrogen-bond acceptors (Lipinski definition) is 5. The first-order valence-corrected chi connectivity index (χ1v) is 6.79. The van der Waals surface area contributed by atoms with Gasteiger partial charge in [0.1, 0.15) is 0 Å². The summed E-state index contributed by atoms with van der Waals surface area (Å²) in [5.74, 6) is 0.814. The van der Waals surface area contributed by atoms with Crippen LogP contribution < -0.4 is 14.8 Å². The molecule has 1 aromatic carbocycles. The van der Waals surface area contributed by atoms with Crippen molar-refractivity contribution in [2.45, 2.75) is 38.5 Å². The molecule has 1 unspecified atom stereocenters. The number of ether oxygens (including phenoxy) is 3. The Labute approximate surface area is 119 Å². The van der Waals surface area contributed by atoms with Crippen molar-refractivity contribution in [3.05, 3.63) is 23.8 Å². The van der Waals surface area contributed by atoms with Crippen LogP contribution in [0.2, 0.25) is 0 Å². The monoisotopic (exact) mass is 279 g/mol. The number of carbonyl (C=O) groups is 1. The molecule has 0 heterocycles. The summed E-state index contributed by atoms with van der Waals surface area (Å²) in [4.78, 5) is 11.5. The van der Waals surface area contributed by atoms with Gasteiger partial charge in [0, 0.05) is 18.2 Å². The van der Waals surface area contributed by atoms with Gasteiger partial charge < -0.3 is 19.5 Å². The number of carbonyl (C=O) groups excluding carboxylic acids is 1. The molecule has 1 aliphatic carbocycles. The molecule has 0 bridgehead atoms. The molecule has 1 saturated carbocycles. The zero-order chi connectivity index (χ0) is 14.5. The maximum atomic E-state index is 11.5. The van der Waals surface area contributed by atoms with E-state index in [9.17, 15) is 4.79 Å². The van der Waals surface area contributed by atoms with Gasteiger partial charge in [0.15, 0.2) is 17.6 Å². The summed E-state index contributed by atoms with van der Waals surface area (Å²) in [6.07, 6.45) is 1.77. The number of para-hydroxylation sites is 1. The van der Waals surface area contributed by atoms with E-state index in [2.05, 4.69) is 10.1 Å². The molecule has 110 valence electrons. The van der Waals surface area contributed by atoms with Gasteiger partial charge in [0.05, 0.1) is 14.2 Å². The SMILES string of the molecule is COC(=O)C(C)Oc1c(CNC2CC2)cccc1OC. The largest absolute Gasteiger partial charge is 0.493 e. The Bertz CT molecular complexity index is 471. The van der Waals surface area contributed by atoms with Crippen molar-refractivity contribution in [2.24, 2.45) is 0 Å². The molecule has 0 aromatic heterocycles. The highest BCUT2D eigenvalue weighted by molar-refractivity contribution is 5.74. The van der Waals surface area contributed by atoms with Crippen LogP contribution >= 0.6 is 0 Å². The van der Waals surface area contributed by atoms with E-state index >= 15 is 0 Å². The molecule has 0 amide bonds. The van der Waals surface area contributed by atoms with Gasteiger partial charge in [-0.05, 0) is 25.8 Å². The smallest absolute Gasteiger partial charge is 0.346 e. The maximum absolute atomic E-state index is 11.5. The first kappa shape index (κ1) is 14.7. The van der Waals surface area contributed by atoms with Gasteiger partial charge in [-0.25, -0.2) is 4.79 Å². The van der Waals surface area contributed by atoms with Crippen molar-refractivity contribution in [1.29, 1.82) is 0 Å². The summed E-state index contributed by atoms with van der Waals surface area (Å²) in [6, 6.07) is 6.31. The molecule has 1 aliphatic rings. The Morgan fingerprint density at radius 3 is 2.75 bits per heavy atom. The van der Waals surface area contributed by atoms with Gasteiger partial charge in [-0.3, -0.25) is 0 Å². The molecule has 0 aliphatic heterocycles. The normalized spacial score (nSPS) is 15.6. The lowest BCUT2D eigenvalue weighted by Crippen LogP contribution is -2.26. The molecule has 5 nitrogen and oxygen atoms in total. The molecule has 1 fully saturated rings. The topological polar surface area (TPSA) is 56.8 Å². The Morgan fingerprint density at radius 2 is 2.15 bits per heavy atom. The van der Waals surface area contributed by atoms with Crippen molar-refractivity contribution in [2.75, 3.05) is 14.2 Å². The van der Waals surface area contributed by atoms with E-state index in [1.165, 1.54) is 20.0 Å². The number of benzene rings is 1. The van der Waals surface area contributed by atoms with Crippen LogP contribution in [0, 0.1) is 0 Å². The second kappa shape index (κ2) is 6.61. The average Bonchev–Trinajstić information content (AvgIpc) is 3.29. The van der Waals surface area contributed by atoms with Crippen molar-refractivity contribution >= 4 is 5.97 Å². The summed E-state index contributed by atoms with van der Waals surface area (Å²) < 4.78 is 15.7. The fourth-order valence-electron chi connectivity index (χ4n) is 1.93. The number of nitrogens with one attached hydrogen (secondary N) is 1. The zero-order valence-electron chi connectivity index (χ0n) is 12.1. The Balaban J connectivity index is 2.15. The first-order valence-electron chi connectivity index (χ1n) is 6.79. The molecular weight excluding hydrogens is 258 g/mol. The van der Waals surface area contributed by atoms with Crippen molar-refractivity contribution in [3.63, 3.8) is 0 Å². The predicted octanol–water partition coefficient (Wildman–Crippen LogP) is 1.89. The molecule has 2 rings (SSSR count). The van der Waals surface area contributed by atoms with E-state index in [-0.39, 0.29) is 0 Å². The molecule has 1 aromatic rings. The minimum Gasteiger partial charge on any atom is -0.493 e. The van der Waals surface area contributed by atoms with Crippen LogP contribution in [0.4, 0.5) is 0 Å². The Kier molecular flexibility index (Phi) is 4.84. The van der Waals surface area contributed by atoms with E-state index in [1.54, 1.807) is 14.0 Å². The van der Waals surface area contributed by atoms with Crippen LogP contribution in [0.15, 0.2) is 18.2 Å². The van der Waals surface area contributed by atoms with Crippen LogP contribution in [-0.4, -0.2) is 32.3 Å². The van der Waals surface area contributed by atoms with Crippen LogP contribution in [-0.2, 0) is 16.1 Å². The fraction of sp³-hybridized carbons (Fsp3) is 0.533. The van der Waals surface area contributed by atoms with Crippen LogP contribution in [0.5, 0.6) is 11.5 Å². The summed E-state index contributed by atoms with van der Waals surface area (Å²) in [6.45, 7) is 2.36. The standard InChI is InChI=1S/C15H21NO4/c1-10(15(17)19-3)20-14-11(9-16-12-7-8-12)5-4-6-13(14)18-2/h4-6,10,12,16H,7-9H2,1-3H3. The van der Waals surface area contributed by atoms with Crippen LogP contribution in [0.25, 0.3) is 0 Å². The number of hydrogen-bond donors (Lipinski definition) is 1. The zero-order valence-corrected chi connectivity index (χ0v) is 12.1. The van der Waals surface area contributed by atoms with Crippen molar-refractivity contribution in [3.8, 4) is 11.5 Å². The second-order valence-corrected chi connectivity index (χ2v) is 4.89. The van der Waals surface area contributed by atoms with Gasteiger partial charge in [-0.15, -0.1) is 0 Å².